The summed E-state index contributed by atoms with van der Waals surface area (Å²) in [4.78, 5) is 38.1. The summed E-state index contributed by atoms with van der Waals surface area (Å²) in [6.07, 6.45) is 0. The lowest BCUT2D eigenvalue weighted by Gasteiger charge is -2.09. The van der Waals surface area contributed by atoms with Gasteiger partial charge in [-0.3, -0.25) is 4.79 Å². The Morgan fingerprint density at radius 1 is 0.844 bits per heavy atom. The van der Waals surface area contributed by atoms with Crippen LogP contribution in [0.2, 0.25) is 0 Å². The quantitative estimate of drug-likeness (QED) is 0.355. The minimum Gasteiger partial charge on any atom is -0.465 e. The van der Waals surface area contributed by atoms with Crippen LogP contribution in [0.15, 0.2) is 72.3 Å². The Morgan fingerprint density at radius 2 is 1.62 bits per heavy atom. The molecule has 7 heteroatoms. The Labute approximate surface area is 182 Å². The second-order valence-corrected chi connectivity index (χ2v) is 7.10. The predicted octanol–water partition coefficient (Wildman–Crippen LogP) is 3.81. The number of rotatable bonds is 4. The van der Waals surface area contributed by atoms with Crippen LogP contribution >= 0.6 is 0 Å². The molecule has 0 unspecified atom stereocenters. The van der Waals surface area contributed by atoms with Gasteiger partial charge < -0.3 is 18.9 Å². The van der Waals surface area contributed by atoms with Crippen molar-refractivity contribution < 1.29 is 33.3 Å². The summed E-state index contributed by atoms with van der Waals surface area (Å²) < 4.78 is 21.1. The van der Waals surface area contributed by atoms with Crippen LogP contribution in [-0.4, -0.2) is 31.6 Å². The van der Waals surface area contributed by atoms with E-state index in [9.17, 15) is 14.4 Å². The van der Waals surface area contributed by atoms with Crippen molar-refractivity contribution in [1.29, 1.82) is 0 Å². The molecule has 0 spiro atoms. The van der Waals surface area contributed by atoms with Gasteiger partial charge in [0, 0.05) is 11.1 Å². The zero-order valence-electron chi connectivity index (χ0n) is 16.9. The zero-order valence-corrected chi connectivity index (χ0v) is 16.9. The monoisotopic (exact) mass is 428 g/mol. The van der Waals surface area contributed by atoms with Gasteiger partial charge in [0.05, 0.1) is 12.7 Å². The van der Waals surface area contributed by atoms with Crippen LogP contribution in [0, 0.1) is 0 Å². The minimum atomic E-state index is -0.748. The standard InChI is InChI=1S/C25H16O7/c1-29-25(28)22-21(15-7-10-19-20(11-15)31-13-30-19)17-9-8-16(12-18(17)23(22)26)32-24(27)14-5-3-2-4-6-14/h2-12H,13H2,1H3. The Kier molecular flexibility index (Phi) is 4.71. The molecular weight excluding hydrogens is 412 g/mol. The van der Waals surface area contributed by atoms with Gasteiger partial charge in [-0.25, -0.2) is 9.59 Å². The molecule has 1 heterocycles. The highest BCUT2D eigenvalue weighted by Crippen LogP contribution is 2.42. The summed E-state index contributed by atoms with van der Waals surface area (Å²) in [5, 5.41) is 0. The molecule has 0 amide bonds. The summed E-state index contributed by atoms with van der Waals surface area (Å²) in [6.45, 7) is 0.105. The molecule has 0 bridgehead atoms. The van der Waals surface area contributed by atoms with E-state index in [1.807, 2.05) is 0 Å². The third kappa shape index (κ3) is 3.20. The molecule has 0 aromatic heterocycles. The Bertz CT molecular complexity index is 1310. The van der Waals surface area contributed by atoms with Crippen LogP contribution in [0.25, 0.3) is 5.57 Å². The smallest absolute Gasteiger partial charge is 0.343 e. The van der Waals surface area contributed by atoms with Gasteiger partial charge in [-0.15, -0.1) is 0 Å². The van der Waals surface area contributed by atoms with E-state index in [4.69, 9.17) is 18.9 Å². The summed E-state index contributed by atoms with van der Waals surface area (Å²) >= 11 is 0. The Balaban J connectivity index is 1.55. The maximum Gasteiger partial charge on any atom is 0.343 e. The lowest BCUT2D eigenvalue weighted by molar-refractivity contribution is -0.135. The van der Waals surface area contributed by atoms with Gasteiger partial charge in [-0.2, -0.15) is 0 Å². The molecular formula is C25H16O7. The molecule has 5 rings (SSSR count). The van der Waals surface area contributed by atoms with Crippen LogP contribution in [-0.2, 0) is 9.53 Å². The normalized spacial score (nSPS) is 13.7. The molecule has 3 aromatic carbocycles. The molecule has 1 aliphatic heterocycles. The fraction of sp³-hybridized carbons (Fsp3) is 0.0800. The molecule has 0 radical (unpaired) electrons. The third-order valence-corrected chi connectivity index (χ3v) is 5.25. The molecule has 0 fully saturated rings. The summed E-state index contributed by atoms with van der Waals surface area (Å²) in [5.74, 6) is -0.496. The van der Waals surface area contributed by atoms with E-state index in [0.29, 0.717) is 33.8 Å². The first-order chi connectivity index (χ1) is 15.6. The van der Waals surface area contributed by atoms with Gasteiger partial charge in [0.2, 0.25) is 12.6 Å². The average molecular weight is 428 g/mol. The lowest BCUT2D eigenvalue weighted by Crippen LogP contribution is -2.12. The summed E-state index contributed by atoms with van der Waals surface area (Å²) in [6, 6.07) is 18.4. The number of hydrogen-bond acceptors (Lipinski definition) is 7. The van der Waals surface area contributed by atoms with Gasteiger partial charge in [-0.05, 0) is 53.6 Å². The SMILES string of the molecule is COC(=O)C1=C(c2ccc3c(c2)OCO3)c2ccc(OC(=O)c3ccccc3)cc2C1=O. The molecule has 1 aliphatic carbocycles. The number of esters is 2. The van der Waals surface area contributed by atoms with Crippen molar-refractivity contribution in [3.8, 4) is 17.2 Å². The first-order valence-corrected chi connectivity index (χ1v) is 9.76. The second-order valence-electron chi connectivity index (χ2n) is 7.10. The van der Waals surface area contributed by atoms with Crippen molar-refractivity contribution in [2.45, 2.75) is 0 Å². The molecule has 0 saturated heterocycles. The van der Waals surface area contributed by atoms with Crippen LogP contribution in [0.5, 0.6) is 17.2 Å². The number of Topliss-reactive ketones (excluding diaryl/α,β-unsaturated/α-hetero) is 1. The van der Waals surface area contributed by atoms with E-state index >= 15 is 0 Å². The molecule has 32 heavy (non-hydrogen) atoms. The van der Waals surface area contributed by atoms with Crippen molar-refractivity contribution in [3.05, 3.63) is 94.6 Å². The van der Waals surface area contributed by atoms with Crippen molar-refractivity contribution in [3.63, 3.8) is 0 Å². The van der Waals surface area contributed by atoms with Crippen molar-refractivity contribution in [1.82, 2.24) is 0 Å². The highest BCUT2D eigenvalue weighted by atomic mass is 16.7. The van der Waals surface area contributed by atoms with Gasteiger partial charge >= 0.3 is 11.9 Å². The van der Waals surface area contributed by atoms with Crippen LogP contribution < -0.4 is 14.2 Å². The molecule has 0 saturated carbocycles. The van der Waals surface area contributed by atoms with E-state index < -0.39 is 17.7 Å². The number of ether oxygens (including phenoxy) is 4. The fourth-order valence-electron chi connectivity index (χ4n) is 3.76. The van der Waals surface area contributed by atoms with E-state index in [2.05, 4.69) is 0 Å². The number of carbonyl (C=O) groups is 3. The van der Waals surface area contributed by atoms with E-state index in [-0.39, 0.29) is 23.7 Å². The fourth-order valence-corrected chi connectivity index (χ4v) is 3.76. The van der Waals surface area contributed by atoms with Gasteiger partial charge in [0.25, 0.3) is 0 Å². The predicted molar refractivity (Wildman–Crippen MR) is 113 cm³/mol. The number of fused-ring (bicyclic) bond motifs is 2. The first kappa shape index (κ1) is 19.6. The number of methoxy groups -OCH3 is 1. The second kappa shape index (κ2) is 7.70. The molecule has 7 nitrogen and oxygen atoms in total. The maximum atomic E-state index is 13.2. The van der Waals surface area contributed by atoms with Crippen LogP contribution in [0.4, 0.5) is 0 Å². The van der Waals surface area contributed by atoms with Gasteiger partial charge in [0.15, 0.2) is 11.5 Å². The van der Waals surface area contributed by atoms with Gasteiger partial charge in [0.1, 0.15) is 11.3 Å². The zero-order chi connectivity index (χ0) is 22.2. The van der Waals surface area contributed by atoms with Crippen molar-refractivity contribution >= 4 is 23.3 Å². The molecule has 158 valence electrons. The minimum absolute atomic E-state index is 0.0899. The Hall–Kier alpha value is -4.39. The number of ketones is 1. The third-order valence-electron chi connectivity index (χ3n) is 5.25. The van der Waals surface area contributed by atoms with E-state index in [1.165, 1.54) is 13.2 Å². The van der Waals surface area contributed by atoms with Gasteiger partial charge in [-0.1, -0.05) is 24.3 Å². The largest absolute Gasteiger partial charge is 0.465 e. The highest BCUT2D eigenvalue weighted by Gasteiger charge is 2.36. The molecule has 3 aromatic rings. The summed E-state index contributed by atoms with van der Waals surface area (Å²) in [7, 11) is 1.22. The first-order valence-electron chi connectivity index (χ1n) is 9.76. The lowest BCUT2D eigenvalue weighted by atomic mass is 9.97. The summed E-state index contributed by atoms with van der Waals surface area (Å²) in [5.41, 5.74) is 2.11. The maximum absolute atomic E-state index is 13.2. The highest BCUT2D eigenvalue weighted by molar-refractivity contribution is 6.35. The molecule has 2 aliphatic rings. The molecule has 0 atom stereocenters. The number of benzene rings is 3. The average Bonchev–Trinajstić information content (AvgIpc) is 3.41. The van der Waals surface area contributed by atoms with E-state index in [0.717, 1.165) is 0 Å². The number of hydrogen-bond donors (Lipinski definition) is 0. The number of carbonyl (C=O) groups excluding carboxylic acids is 3. The van der Waals surface area contributed by atoms with Crippen LogP contribution in [0.1, 0.15) is 31.8 Å². The molecule has 0 N–H and O–H groups in total. The topological polar surface area (TPSA) is 88.1 Å². The van der Waals surface area contributed by atoms with E-state index in [1.54, 1.807) is 60.7 Å². The van der Waals surface area contributed by atoms with Crippen LogP contribution in [0.3, 0.4) is 0 Å². The van der Waals surface area contributed by atoms with Crippen molar-refractivity contribution in [2.75, 3.05) is 13.9 Å². The van der Waals surface area contributed by atoms with Crippen molar-refractivity contribution in [2.24, 2.45) is 0 Å². The Morgan fingerprint density at radius 3 is 2.41 bits per heavy atom.